The van der Waals surface area contributed by atoms with Gasteiger partial charge in [0.25, 0.3) is 10.0 Å². The molecule has 0 saturated carbocycles. The minimum Gasteiger partial charge on any atom is -0.493 e. The summed E-state index contributed by atoms with van der Waals surface area (Å²) >= 11 is 3.25. The summed E-state index contributed by atoms with van der Waals surface area (Å²) in [6, 6.07) is 16.4. The van der Waals surface area contributed by atoms with Gasteiger partial charge in [0.15, 0.2) is 11.5 Å². The molecule has 1 aliphatic heterocycles. The zero-order valence-electron chi connectivity index (χ0n) is 22.2. The van der Waals surface area contributed by atoms with Crippen LogP contribution < -0.4 is 14.2 Å². The van der Waals surface area contributed by atoms with E-state index in [4.69, 9.17) is 9.47 Å². The zero-order valence-corrected chi connectivity index (χ0v) is 24.6. The van der Waals surface area contributed by atoms with Crippen LogP contribution in [0.1, 0.15) is 30.4 Å². The van der Waals surface area contributed by atoms with Crippen molar-refractivity contribution in [1.82, 2.24) is 9.88 Å². The minimum atomic E-state index is -3.89. The van der Waals surface area contributed by atoms with Crippen LogP contribution in [0, 0.1) is 5.82 Å². The van der Waals surface area contributed by atoms with E-state index in [0.29, 0.717) is 34.6 Å². The van der Waals surface area contributed by atoms with E-state index >= 15 is 4.39 Å². The molecule has 2 heterocycles. The first-order valence-corrected chi connectivity index (χ1v) is 15.5. The summed E-state index contributed by atoms with van der Waals surface area (Å²) in [6.07, 6.45) is 5.75. The Labute approximate surface area is 242 Å². The SMILES string of the molecule is COc1cc2c(Cc3ccc(NS(=O)(=O)c4ccccc4Br)cc3F)ccnc2cc1OCCN1CCCCC1. The molecule has 7 nitrogen and oxygen atoms in total. The monoisotopic (exact) mass is 627 g/mol. The van der Waals surface area contributed by atoms with Crippen molar-refractivity contribution < 1.29 is 22.3 Å². The molecule has 0 atom stereocenters. The highest BCUT2D eigenvalue weighted by Crippen LogP contribution is 2.34. The number of hydrogen-bond donors (Lipinski definition) is 1. The topological polar surface area (TPSA) is 80.8 Å². The lowest BCUT2D eigenvalue weighted by atomic mass is 10.00. The van der Waals surface area contributed by atoms with Crippen LogP contribution in [0.4, 0.5) is 10.1 Å². The molecule has 210 valence electrons. The van der Waals surface area contributed by atoms with Gasteiger partial charge in [0.2, 0.25) is 0 Å². The highest BCUT2D eigenvalue weighted by Gasteiger charge is 2.19. The summed E-state index contributed by atoms with van der Waals surface area (Å²) in [5.74, 6) is 0.712. The van der Waals surface area contributed by atoms with Gasteiger partial charge in [-0.05, 0) is 89.4 Å². The predicted octanol–water partition coefficient (Wildman–Crippen LogP) is 6.40. The van der Waals surface area contributed by atoms with E-state index in [0.717, 1.165) is 36.1 Å². The van der Waals surface area contributed by atoms with Crippen molar-refractivity contribution in [3.63, 3.8) is 0 Å². The number of sulfonamides is 1. The molecule has 0 spiro atoms. The molecule has 5 rings (SSSR count). The molecule has 1 N–H and O–H groups in total. The Hall–Kier alpha value is -3.21. The Morgan fingerprint density at radius 1 is 1.00 bits per heavy atom. The number of likely N-dealkylation sites (tertiary alicyclic amines) is 1. The number of benzene rings is 3. The van der Waals surface area contributed by atoms with Crippen LogP contribution in [0.15, 0.2) is 76.2 Å². The van der Waals surface area contributed by atoms with E-state index in [1.807, 2.05) is 18.2 Å². The van der Waals surface area contributed by atoms with Gasteiger partial charge in [-0.25, -0.2) is 12.8 Å². The second-order valence-corrected chi connectivity index (χ2v) is 12.3. The highest BCUT2D eigenvalue weighted by molar-refractivity contribution is 9.10. The maximum absolute atomic E-state index is 15.2. The maximum atomic E-state index is 15.2. The van der Waals surface area contributed by atoms with Crippen LogP contribution in [0.3, 0.4) is 0 Å². The van der Waals surface area contributed by atoms with Gasteiger partial charge in [0.05, 0.1) is 18.3 Å². The molecule has 3 aromatic carbocycles. The third-order valence-corrected chi connectivity index (χ3v) is 9.44. The van der Waals surface area contributed by atoms with Crippen molar-refractivity contribution in [2.24, 2.45) is 0 Å². The van der Waals surface area contributed by atoms with Crippen molar-refractivity contribution in [1.29, 1.82) is 0 Å². The Kier molecular flexibility index (Phi) is 8.87. The van der Waals surface area contributed by atoms with E-state index in [-0.39, 0.29) is 10.6 Å². The third-order valence-electron chi connectivity index (χ3n) is 7.04. The summed E-state index contributed by atoms with van der Waals surface area (Å²) in [4.78, 5) is 7.00. The number of rotatable bonds is 10. The number of ether oxygens (including phenoxy) is 2. The number of anilines is 1. The molecule has 1 fully saturated rings. The Morgan fingerprint density at radius 2 is 1.80 bits per heavy atom. The van der Waals surface area contributed by atoms with Crippen molar-refractivity contribution in [2.45, 2.75) is 30.6 Å². The lowest BCUT2D eigenvalue weighted by Crippen LogP contribution is -2.33. The largest absolute Gasteiger partial charge is 0.493 e. The number of methoxy groups -OCH3 is 1. The number of fused-ring (bicyclic) bond motifs is 1. The number of halogens is 2. The van der Waals surface area contributed by atoms with E-state index in [1.54, 1.807) is 43.6 Å². The summed E-state index contributed by atoms with van der Waals surface area (Å²) in [7, 11) is -2.29. The summed E-state index contributed by atoms with van der Waals surface area (Å²) < 4.78 is 55.4. The van der Waals surface area contributed by atoms with Gasteiger partial charge in [-0.2, -0.15) is 0 Å². The summed E-state index contributed by atoms with van der Waals surface area (Å²) in [5, 5.41) is 0.834. The highest BCUT2D eigenvalue weighted by atomic mass is 79.9. The van der Waals surface area contributed by atoms with Gasteiger partial charge in [-0.15, -0.1) is 0 Å². The van der Waals surface area contributed by atoms with E-state index in [1.165, 1.54) is 31.4 Å². The molecule has 1 aliphatic rings. The van der Waals surface area contributed by atoms with Gasteiger partial charge >= 0.3 is 0 Å². The second-order valence-electron chi connectivity index (χ2n) is 9.76. The van der Waals surface area contributed by atoms with Crippen LogP contribution in [0.2, 0.25) is 0 Å². The van der Waals surface area contributed by atoms with Crippen molar-refractivity contribution in [3.8, 4) is 11.5 Å². The van der Waals surface area contributed by atoms with E-state index < -0.39 is 15.8 Å². The Balaban J connectivity index is 1.33. The second kappa shape index (κ2) is 12.5. The van der Waals surface area contributed by atoms with Crippen molar-refractivity contribution in [3.05, 3.63) is 88.3 Å². The fourth-order valence-corrected chi connectivity index (χ4v) is 6.99. The minimum absolute atomic E-state index is 0.0755. The smallest absolute Gasteiger partial charge is 0.263 e. The average Bonchev–Trinajstić information content (AvgIpc) is 2.95. The van der Waals surface area contributed by atoms with Crippen LogP contribution in [0.5, 0.6) is 11.5 Å². The average molecular weight is 629 g/mol. The normalized spacial score (nSPS) is 14.3. The Bertz CT molecular complexity index is 1610. The number of aromatic nitrogens is 1. The number of nitrogens with zero attached hydrogens (tertiary/aromatic N) is 2. The molecule has 1 saturated heterocycles. The van der Waals surface area contributed by atoms with Crippen molar-refractivity contribution >= 4 is 42.5 Å². The van der Waals surface area contributed by atoms with Crippen LogP contribution in [0.25, 0.3) is 10.9 Å². The van der Waals surface area contributed by atoms with E-state index in [9.17, 15) is 8.42 Å². The van der Waals surface area contributed by atoms with Gasteiger partial charge in [0.1, 0.15) is 17.3 Å². The molecule has 4 aromatic rings. The molecule has 0 aliphatic carbocycles. The molecule has 0 radical (unpaired) electrons. The molecule has 0 bridgehead atoms. The number of piperidine rings is 1. The van der Waals surface area contributed by atoms with Gasteiger partial charge < -0.3 is 9.47 Å². The number of pyridine rings is 1. The predicted molar refractivity (Wildman–Crippen MR) is 158 cm³/mol. The van der Waals surface area contributed by atoms with Crippen molar-refractivity contribution in [2.75, 3.05) is 38.1 Å². The van der Waals surface area contributed by atoms with Gasteiger partial charge in [-0.1, -0.05) is 24.6 Å². The lowest BCUT2D eigenvalue weighted by Gasteiger charge is -2.26. The first kappa shape index (κ1) is 28.3. The third kappa shape index (κ3) is 6.56. The molecule has 10 heteroatoms. The number of hydrogen-bond acceptors (Lipinski definition) is 6. The fraction of sp³-hybridized carbons (Fsp3) is 0.300. The van der Waals surface area contributed by atoms with Crippen LogP contribution >= 0.6 is 15.9 Å². The van der Waals surface area contributed by atoms with Gasteiger partial charge in [-0.3, -0.25) is 14.6 Å². The quantitative estimate of drug-likeness (QED) is 0.219. The number of nitrogens with one attached hydrogen (secondary N) is 1. The first-order valence-electron chi connectivity index (χ1n) is 13.2. The molecular weight excluding hydrogens is 597 g/mol. The molecule has 0 amide bonds. The summed E-state index contributed by atoms with van der Waals surface area (Å²) in [6.45, 7) is 3.64. The van der Waals surface area contributed by atoms with Gasteiger partial charge in [0, 0.05) is 35.1 Å². The summed E-state index contributed by atoms with van der Waals surface area (Å²) in [5.41, 5.74) is 2.16. The molecule has 40 heavy (non-hydrogen) atoms. The van der Waals surface area contributed by atoms with Crippen LogP contribution in [-0.4, -0.2) is 51.7 Å². The maximum Gasteiger partial charge on any atom is 0.263 e. The molecular formula is C30H31BrFN3O4S. The lowest BCUT2D eigenvalue weighted by molar-refractivity contribution is 0.181. The molecule has 0 unspecified atom stereocenters. The van der Waals surface area contributed by atoms with Crippen LogP contribution in [-0.2, 0) is 16.4 Å². The zero-order chi connectivity index (χ0) is 28.1. The van der Waals surface area contributed by atoms with E-state index in [2.05, 4.69) is 30.5 Å². The standard InChI is InChI=1S/C30H31BrFN3O4S/c1-38-28-19-24-21(11-12-33-27(24)20-29(28)39-16-15-35-13-5-2-6-14-35)17-22-9-10-23(18-26(22)32)34-40(36,37)30-8-4-3-7-25(30)31/h3-4,7-12,18-20,34H,2,5-6,13-17H2,1H3. The molecule has 1 aromatic heterocycles. The Morgan fingerprint density at radius 3 is 2.55 bits per heavy atom. The first-order chi connectivity index (χ1) is 19.3. The fourth-order valence-electron chi connectivity index (χ4n) is 4.94.